The molecular formula is C20H29N3OS. The number of nitrogens with zero attached hydrogens (tertiary/aromatic N) is 2. The van der Waals surface area contributed by atoms with Gasteiger partial charge in [-0.25, -0.2) is 4.98 Å². The number of carbonyl (C=O) groups excluding carboxylic acids is 1. The molecule has 1 aromatic heterocycles. The first-order valence-electron chi connectivity index (χ1n) is 9.05. The van der Waals surface area contributed by atoms with Crippen LogP contribution in [0.1, 0.15) is 36.8 Å². The molecule has 1 aromatic carbocycles. The molecule has 0 aliphatic carbocycles. The van der Waals surface area contributed by atoms with Gasteiger partial charge in [0.25, 0.3) is 0 Å². The Bertz CT molecular complexity index is 651. The molecule has 0 saturated carbocycles. The summed E-state index contributed by atoms with van der Waals surface area (Å²) < 4.78 is 0. The quantitative estimate of drug-likeness (QED) is 0.700. The van der Waals surface area contributed by atoms with Gasteiger partial charge in [0.15, 0.2) is 0 Å². The lowest BCUT2D eigenvalue weighted by Crippen LogP contribution is -2.30. The first-order valence-corrected chi connectivity index (χ1v) is 9.93. The number of nitrogens with one attached hydrogen (secondary N) is 1. The molecule has 0 aliphatic rings. The van der Waals surface area contributed by atoms with E-state index in [0.717, 1.165) is 35.8 Å². The molecule has 0 aliphatic heterocycles. The number of unbranched alkanes of at least 4 members (excludes halogenated alkanes) is 1. The Morgan fingerprint density at radius 2 is 2.00 bits per heavy atom. The molecule has 2 rings (SSSR count). The lowest BCUT2D eigenvalue weighted by atomic mass is 10.1. The second kappa shape index (κ2) is 10.3. The van der Waals surface area contributed by atoms with Gasteiger partial charge in [-0.2, -0.15) is 0 Å². The first kappa shape index (κ1) is 19.6. The summed E-state index contributed by atoms with van der Waals surface area (Å²) in [5, 5.41) is 6.19. The number of aromatic nitrogens is 1. The summed E-state index contributed by atoms with van der Waals surface area (Å²) in [6.45, 7) is 6.78. The highest BCUT2D eigenvalue weighted by atomic mass is 32.1. The van der Waals surface area contributed by atoms with Crippen LogP contribution in [-0.4, -0.2) is 42.5 Å². The number of rotatable bonds is 10. The molecule has 0 spiro atoms. The Labute approximate surface area is 155 Å². The van der Waals surface area contributed by atoms with Crippen LogP contribution >= 0.6 is 11.3 Å². The van der Waals surface area contributed by atoms with Crippen molar-refractivity contribution in [2.75, 3.05) is 26.7 Å². The zero-order valence-corrected chi connectivity index (χ0v) is 16.4. The number of hydrogen-bond acceptors (Lipinski definition) is 4. The van der Waals surface area contributed by atoms with Gasteiger partial charge in [-0.05, 0) is 38.9 Å². The van der Waals surface area contributed by atoms with Crippen LogP contribution in [0.25, 0.3) is 11.3 Å². The lowest BCUT2D eigenvalue weighted by molar-refractivity contribution is -0.121. The Kier molecular flexibility index (Phi) is 8.09. The van der Waals surface area contributed by atoms with E-state index in [0.29, 0.717) is 13.0 Å². The first-order chi connectivity index (χ1) is 12.1. The predicted octanol–water partition coefficient (Wildman–Crippen LogP) is 3.90. The van der Waals surface area contributed by atoms with Crippen LogP contribution in [0.3, 0.4) is 0 Å². The second-order valence-electron chi connectivity index (χ2n) is 6.46. The average molecular weight is 360 g/mol. The van der Waals surface area contributed by atoms with Crippen molar-refractivity contribution in [1.82, 2.24) is 15.2 Å². The highest BCUT2D eigenvalue weighted by molar-refractivity contribution is 7.09. The van der Waals surface area contributed by atoms with Crippen LogP contribution in [0.2, 0.25) is 0 Å². The third-order valence-corrected chi connectivity index (χ3v) is 4.99. The van der Waals surface area contributed by atoms with Crippen LogP contribution in [0.4, 0.5) is 0 Å². The Morgan fingerprint density at radius 3 is 2.64 bits per heavy atom. The van der Waals surface area contributed by atoms with E-state index in [9.17, 15) is 4.79 Å². The molecule has 1 N–H and O–H groups in total. The van der Waals surface area contributed by atoms with E-state index in [2.05, 4.69) is 58.8 Å². The van der Waals surface area contributed by atoms with Gasteiger partial charge in [0.2, 0.25) is 5.91 Å². The number of hydrogen-bond donors (Lipinski definition) is 1. The van der Waals surface area contributed by atoms with Crippen LogP contribution in [-0.2, 0) is 11.2 Å². The zero-order chi connectivity index (χ0) is 18.1. The van der Waals surface area contributed by atoms with E-state index in [1.165, 1.54) is 18.4 Å². The highest BCUT2D eigenvalue weighted by Crippen LogP contribution is 2.21. The molecule has 0 unspecified atom stereocenters. The van der Waals surface area contributed by atoms with Crippen molar-refractivity contribution in [2.24, 2.45) is 0 Å². The highest BCUT2D eigenvalue weighted by Gasteiger charge is 2.05. The fourth-order valence-corrected chi connectivity index (χ4v) is 3.23. The fraction of sp³-hybridized carbons (Fsp3) is 0.500. The van der Waals surface area contributed by atoms with Crippen molar-refractivity contribution in [3.63, 3.8) is 0 Å². The Hall–Kier alpha value is -1.72. The van der Waals surface area contributed by atoms with Crippen molar-refractivity contribution in [1.29, 1.82) is 0 Å². The normalized spacial score (nSPS) is 11.0. The molecule has 136 valence electrons. The molecule has 5 heteroatoms. The van der Waals surface area contributed by atoms with Crippen LogP contribution in [0.15, 0.2) is 29.6 Å². The molecule has 0 fully saturated rings. The molecule has 25 heavy (non-hydrogen) atoms. The van der Waals surface area contributed by atoms with Crippen molar-refractivity contribution < 1.29 is 4.79 Å². The van der Waals surface area contributed by atoms with E-state index in [1.807, 2.05) is 6.92 Å². The number of benzene rings is 1. The number of amides is 1. The standard InChI is InChI=1S/C20H29N3OS/c1-4-5-13-23(3)14-11-20(24)21-12-10-17-6-8-18(9-7-17)19-15-25-16(2)22-19/h6-9,15H,4-5,10-14H2,1-3H3,(H,21,24). The zero-order valence-electron chi connectivity index (χ0n) is 15.5. The van der Waals surface area contributed by atoms with Gasteiger partial charge >= 0.3 is 0 Å². The van der Waals surface area contributed by atoms with E-state index in [1.54, 1.807) is 11.3 Å². The van der Waals surface area contributed by atoms with E-state index in [4.69, 9.17) is 0 Å². The van der Waals surface area contributed by atoms with Crippen molar-refractivity contribution in [3.05, 3.63) is 40.2 Å². The molecule has 0 bridgehead atoms. The predicted molar refractivity (Wildman–Crippen MR) is 106 cm³/mol. The minimum absolute atomic E-state index is 0.137. The second-order valence-corrected chi connectivity index (χ2v) is 7.52. The molecule has 0 radical (unpaired) electrons. The van der Waals surface area contributed by atoms with Gasteiger partial charge in [-0.15, -0.1) is 11.3 Å². The Morgan fingerprint density at radius 1 is 1.24 bits per heavy atom. The van der Waals surface area contributed by atoms with Gasteiger partial charge in [0.1, 0.15) is 0 Å². The number of aryl methyl sites for hydroxylation is 1. The van der Waals surface area contributed by atoms with Gasteiger partial charge in [-0.3, -0.25) is 4.79 Å². The van der Waals surface area contributed by atoms with E-state index < -0.39 is 0 Å². The lowest BCUT2D eigenvalue weighted by Gasteiger charge is -2.15. The minimum atomic E-state index is 0.137. The summed E-state index contributed by atoms with van der Waals surface area (Å²) >= 11 is 1.67. The van der Waals surface area contributed by atoms with Crippen molar-refractivity contribution >= 4 is 17.2 Å². The Balaban J connectivity index is 1.68. The maximum Gasteiger partial charge on any atom is 0.221 e. The molecule has 0 atom stereocenters. The fourth-order valence-electron chi connectivity index (χ4n) is 2.61. The molecule has 1 amide bonds. The van der Waals surface area contributed by atoms with E-state index in [-0.39, 0.29) is 5.91 Å². The maximum atomic E-state index is 11.9. The topological polar surface area (TPSA) is 45.2 Å². The van der Waals surface area contributed by atoms with Gasteiger partial charge in [0.05, 0.1) is 10.7 Å². The molecule has 1 heterocycles. The number of thiazole rings is 1. The minimum Gasteiger partial charge on any atom is -0.356 e. The largest absolute Gasteiger partial charge is 0.356 e. The monoisotopic (exact) mass is 359 g/mol. The number of carbonyl (C=O) groups is 1. The summed E-state index contributed by atoms with van der Waals surface area (Å²) in [7, 11) is 2.08. The summed E-state index contributed by atoms with van der Waals surface area (Å²) in [5.41, 5.74) is 3.41. The smallest absolute Gasteiger partial charge is 0.221 e. The van der Waals surface area contributed by atoms with E-state index >= 15 is 0 Å². The van der Waals surface area contributed by atoms with Crippen LogP contribution < -0.4 is 5.32 Å². The summed E-state index contributed by atoms with van der Waals surface area (Å²) in [6, 6.07) is 8.45. The third-order valence-electron chi connectivity index (χ3n) is 4.22. The van der Waals surface area contributed by atoms with Crippen molar-refractivity contribution in [2.45, 2.75) is 39.5 Å². The van der Waals surface area contributed by atoms with Gasteiger partial charge in [-0.1, -0.05) is 37.6 Å². The summed E-state index contributed by atoms with van der Waals surface area (Å²) in [6.07, 6.45) is 3.81. The average Bonchev–Trinajstić information content (AvgIpc) is 3.05. The molecule has 0 saturated heterocycles. The third kappa shape index (κ3) is 6.96. The van der Waals surface area contributed by atoms with Gasteiger partial charge < -0.3 is 10.2 Å². The molecule has 2 aromatic rings. The van der Waals surface area contributed by atoms with Crippen LogP contribution in [0, 0.1) is 6.92 Å². The molecule has 4 nitrogen and oxygen atoms in total. The SMILES string of the molecule is CCCCN(C)CCC(=O)NCCc1ccc(-c2csc(C)n2)cc1. The van der Waals surface area contributed by atoms with Crippen LogP contribution in [0.5, 0.6) is 0 Å². The molecular weight excluding hydrogens is 330 g/mol. The van der Waals surface area contributed by atoms with Crippen molar-refractivity contribution in [3.8, 4) is 11.3 Å². The summed E-state index contributed by atoms with van der Waals surface area (Å²) in [5.74, 6) is 0.137. The van der Waals surface area contributed by atoms with Gasteiger partial charge in [0, 0.05) is 30.5 Å². The summed E-state index contributed by atoms with van der Waals surface area (Å²) in [4.78, 5) is 18.6. The maximum absolute atomic E-state index is 11.9.